The Morgan fingerprint density at radius 2 is 1.73 bits per heavy atom. The van der Waals surface area contributed by atoms with Crippen LogP contribution in [0.1, 0.15) is 30.1 Å². The van der Waals surface area contributed by atoms with E-state index >= 15 is 0 Å². The van der Waals surface area contributed by atoms with Gasteiger partial charge in [-0.25, -0.2) is 18.6 Å². The summed E-state index contributed by atoms with van der Waals surface area (Å²) in [5, 5.41) is 0. The summed E-state index contributed by atoms with van der Waals surface area (Å²) in [5.41, 5.74) is 1.84. The van der Waals surface area contributed by atoms with Crippen LogP contribution < -0.4 is 0 Å². The molecule has 1 amide bonds. The van der Waals surface area contributed by atoms with E-state index in [1.807, 2.05) is 34.9 Å². The molecular formula is C28H35F2N3O3Si. The number of rotatable bonds is 9. The lowest BCUT2D eigenvalue weighted by atomic mass is 9.96. The van der Waals surface area contributed by atoms with Crippen molar-refractivity contribution in [3.05, 3.63) is 77.8 Å². The van der Waals surface area contributed by atoms with Crippen LogP contribution >= 0.6 is 0 Å². The quantitative estimate of drug-likeness (QED) is 0.231. The van der Waals surface area contributed by atoms with Crippen LogP contribution in [0.3, 0.4) is 0 Å². The smallest absolute Gasteiger partial charge is 0.410 e. The lowest BCUT2D eigenvalue weighted by molar-refractivity contribution is 0.0777. The number of ether oxygens (including phenoxy) is 2. The molecule has 198 valence electrons. The molecule has 3 aromatic rings. The lowest BCUT2D eigenvalue weighted by Gasteiger charge is -2.31. The Kier molecular flexibility index (Phi) is 8.76. The number of carbonyl (C=O) groups is 1. The van der Waals surface area contributed by atoms with Crippen molar-refractivity contribution in [1.82, 2.24) is 14.5 Å². The average molecular weight is 528 g/mol. The summed E-state index contributed by atoms with van der Waals surface area (Å²) in [4.78, 5) is 19.1. The van der Waals surface area contributed by atoms with Crippen molar-refractivity contribution >= 4 is 14.2 Å². The van der Waals surface area contributed by atoms with Gasteiger partial charge in [0.25, 0.3) is 0 Å². The fraction of sp³-hybridized carbons (Fsp3) is 0.429. The van der Waals surface area contributed by atoms with Gasteiger partial charge in [0.05, 0.1) is 5.69 Å². The SMILES string of the molecule is C[Si](C)(C)CCOCn1cc(-c2cc(F)cc(F)c2)nc1C1CCN(C(=O)OCc2ccccc2)CC1. The lowest BCUT2D eigenvalue weighted by Crippen LogP contribution is -2.38. The molecule has 1 aliphatic heterocycles. The predicted molar refractivity (Wildman–Crippen MR) is 142 cm³/mol. The molecule has 2 aromatic carbocycles. The van der Waals surface area contributed by atoms with E-state index in [0.717, 1.165) is 23.5 Å². The van der Waals surface area contributed by atoms with Crippen molar-refractivity contribution in [1.29, 1.82) is 0 Å². The molecule has 4 rings (SSSR count). The maximum Gasteiger partial charge on any atom is 0.410 e. The number of imidazole rings is 1. The summed E-state index contributed by atoms with van der Waals surface area (Å²) in [6.07, 6.45) is 2.90. The van der Waals surface area contributed by atoms with E-state index in [4.69, 9.17) is 14.5 Å². The van der Waals surface area contributed by atoms with Gasteiger partial charge in [-0.1, -0.05) is 50.0 Å². The van der Waals surface area contributed by atoms with E-state index in [2.05, 4.69) is 19.6 Å². The minimum Gasteiger partial charge on any atom is -0.445 e. The Morgan fingerprint density at radius 3 is 2.38 bits per heavy atom. The molecule has 0 spiro atoms. The number of benzene rings is 2. The van der Waals surface area contributed by atoms with Crippen molar-refractivity contribution in [2.45, 2.75) is 57.8 Å². The molecule has 9 heteroatoms. The molecule has 0 atom stereocenters. The second kappa shape index (κ2) is 12.0. The van der Waals surface area contributed by atoms with Gasteiger partial charge in [0.1, 0.15) is 30.8 Å². The van der Waals surface area contributed by atoms with Gasteiger partial charge in [-0.3, -0.25) is 0 Å². The number of aromatic nitrogens is 2. The molecule has 0 N–H and O–H groups in total. The number of hydrogen-bond acceptors (Lipinski definition) is 4. The van der Waals surface area contributed by atoms with Gasteiger partial charge in [-0.05, 0) is 36.6 Å². The third-order valence-electron chi connectivity index (χ3n) is 6.52. The summed E-state index contributed by atoms with van der Waals surface area (Å²) in [6, 6.07) is 14.1. The second-order valence-electron chi connectivity index (χ2n) is 10.8. The number of carbonyl (C=O) groups excluding carboxylic acids is 1. The average Bonchev–Trinajstić information content (AvgIpc) is 3.29. The van der Waals surface area contributed by atoms with Crippen LogP contribution in [0, 0.1) is 11.6 Å². The monoisotopic (exact) mass is 527 g/mol. The maximum atomic E-state index is 13.9. The molecular weight excluding hydrogens is 492 g/mol. The first-order valence-corrected chi connectivity index (χ1v) is 16.5. The molecule has 1 aliphatic rings. The van der Waals surface area contributed by atoms with Crippen LogP contribution in [0.25, 0.3) is 11.3 Å². The van der Waals surface area contributed by atoms with E-state index in [-0.39, 0.29) is 18.6 Å². The summed E-state index contributed by atoms with van der Waals surface area (Å²) in [5.74, 6) is -0.379. The van der Waals surface area contributed by atoms with Crippen LogP contribution in [-0.2, 0) is 22.8 Å². The minimum absolute atomic E-state index is 0.0888. The highest BCUT2D eigenvalue weighted by molar-refractivity contribution is 6.76. The molecule has 1 fully saturated rings. The van der Waals surface area contributed by atoms with Crippen molar-refractivity contribution in [2.75, 3.05) is 19.7 Å². The van der Waals surface area contributed by atoms with Crippen molar-refractivity contribution < 1.29 is 23.0 Å². The normalized spacial score (nSPS) is 14.7. The number of halogens is 2. The summed E-state index contributed by atoms with van der Waals surface area (Å²) in [6.45, 7) is 9.22. The topological polar surface area (TPSA) is 56.6 Å². The highest BCUT2D eigenvalue weighted by Crippen LogP contribution is 2.31. The van der Waals surface area contributed by atoms with Gasteiger partial charge in [0, 0.05) is 51.5 Å². The number of likely N-dealkylation sites (tertiary alicyclic amines) is 1. The standard InChI is InChI=1S/C28H35F2N3O3Si/c1-37(2,3)14-13-35-20-33-18-26(23-15-24(29)17-25(30)16-23)31-27(33)22-9-11-32(12-10-22)28(34)36-19-21-7-5-4-6-8-21/h4-8,15-18,22H,9-14,19-20H2,1-3H3. The molecule has 1 aromatic heterocycles. The number of nitrogens with zero attached hydrogens (tertiary/aromatic N) is 3. The Balaban J connectivity index is 1.43. The van der Waals surface area contributed by atoms with Gasteiger partial charge in [-0.15, -0.1) is 0 Å². The van der Waals surface area contributed by atoms with Crippen LogP contribution in [0.5, 0.6) is 0 Å². The van der Waals surface area contributed by atoms with Crippen LogP contribution in [0.2, 0.25) is 25.7 Å². The highest BCUT2D eigenvalue weighted by atomic mass is 28.3. The zero-order valence-electron chi connectivity index (χ0n) is 21.8. The Hall–Kier alpha value is -3.04. The fourth-order valence-electron chi connectivity index (χ4n) is 4.37. The highest BCUT2D eigenvalue weighted by Gasteiger charge is 2.28. The zero-order chi connectivity index (χ0) is 26.4. The summed E-state index contributed by atoms with van der Waals surface area (Å²) in [7, 11) is -1.23. The number of piperidine rings is 1. The van der Waals surface area contributed by atoms with Gasteiger partial charge in [-0.2, -0.15) is 0 Å². The first kappa shape index (κ1) is 27.0. The van der Waals surface area contributed by atoms with E-state index in [0.29, 0.717) is 50.5 Å². The third kappa shape index (κ3) is 7.72. The van der Waals surface area contributed by atoms with Crippen LogP contribution in [0.15, 0.2) is 54.7 Å². The van der Waals surface area contributed by atoms with Crippen molar-refractivity contribution in [3.63, 3.8) is 0 Å². The molecule has 0 saturated carbocycles. The van der Waals surface area contributed by atoms with E-state index in [9.17, 15) is 13.6 Å². The van der Waals surface area contributed by atoms with Gasteiger partial charge >= 0.3 is 6.09 Å². The largest absolute Gasteiger partial charge is 0.445 e. The molecule has 2 heterocycles. The first-order valence-electron chi connectivity index (χ1n) is 12.7. The molecule has 0 bridgehead atoms. The zero-order valence-corrected chi connectivity index (χ0v) is 22.8. The molecule has 6 nitrogen and oxygen atoms in total. The van der Waals surface area contributed by atoms with Crippen LogP contribution in [0.4, 0.5) is 13.6 Å². The van der Waals surface area contributed by atoms with Gasteiger partial charge in [0.2, 0.25) is 0 Å². The van der Waals surface area contributed by atoms with Crippen LogP contribution in [-0.4, -0.2) is 48.3 Å². The number of hydrogen-bond donors (Lipinski definition) is 0. The van der Waals surface area contributed by atoms with E-state index in [1.165, 1.54) is 12.1 Å². The number of amides is 1. The molecule has 0 aliphatic carbocycles. The van der Waals surface area contributed by atoms with E-state index in [1.54, 1.807) is 11.1 Å². The Morgan fingerprint density at radius 1 is 1.05 bits per heavy atom. The summed E-state index contributed by atoms with van der Waals surface area (Å²) < 4.78 is 41.2. The fourth-order valence-corrected chi connectivity index (χ4v) is 5.13. The molecule has 0 unspecified atom stereocenters. The Bertz CT molecular complexity index is 1170. The summed E-state index contributed by atoms with van der Waals surface area (Å²) >= 11 is 0. The minimum atomic E-state index is -1.23. The molecule has 0 radical (unpaired) electrons. The van der Waals surface area contributed by atoms with Crippen molar-refractivity contribution in [2.24, 2.45) is 0 Å². The molecule has 1 saturated heterocycles. The maximum absolute atomic E-state index is 13.9. The third-order valence-corrected chi connectivity index (χ3v) is 8.22. The van der Waals surface area contributed by atoms with Crippen molar-refractivity contribution in [3.8, 4) is 11.3 Å². The predicted octanol–water partition coefficient (Wildman–Crippen LogP) is 6.66. The second-order valence-corrected chi connectivity index (χ2v) is 16.4. The Labute approximate surface area is 218 Å². The molecule has 37 heavy (non-hydrogen) atoms. The van der Waals surface area contributed by atoms with E-state index < -0.39 is 19.7 Å². The first-order chi connectivity index (χ1) is 17.7. The van der Waals surface area contributed by atoms with Gasteiger partial charge < -0.3 is 18.9 Å². The van der Waals surface area contributed by atoms with Gasteiger partial charge in [0.15, 0.2) is 0 Å².